The molecule has 0 saturated heterocycles. The number of carboxylic acid groups (broad SMARTS) is 1. The molecule has 0 spiro atoms. The number of nitrogens with zero attached hydrogens (tertiary/aromatic N) is 2. The quantitative estimate of drug-likeness (QED) is 0.701. The molecule has 1 aromatic rings. The third kappa shape index (κ3) is 1.07. The van der Waals surface area contributed by atoms with Gasteiger partial charge in [0.05, 0.1) is 0 Å². The molecular weight excluding hydrogens is 186 g/mol. The maximum Gasteiger partial charge on any atom is 0.344 e. The summed E-state index contributed by atoms with van der Waals surface area (Å²) >= 11 is 0. The molecule has 1 unspecified atom stereocenters. The van der Waals surface area contributed by atoms with Crippen molar-refractivity contribution in [3.8, 4) is 0 Å². The molecular formula is C8H11N3O3. The van der Waals surface area contributed by atoms with Gasteiger partial charge in [0, 0.05) is 0 Å². The fraction of sp³-hybridized carbons (Fsp3) is 0.625. The molecule has 0 aliphatic heterocycles. The SMILES string of the molecule is CC(C(=O)O)(C1CC1)n1cn[nH]c1=O. The number of hydrogen-bond donors (Lipinski definition) is 2. The first-order chi connectivity index (χ1) is 6.56. The van der Waals surface area contributed by atoms with E-state index in [0.29, 0.717) is 0 Å². The number of aliphatic carboxylic acids is 1. The van der Waals surface area contributed by atoms with E-state index >= 15 is 0 Å². The van der Waals surface area contributed by atoms with Gasteiger partial charge in [-0.2, -0.15) is 5.10 Å². The van der Waals surface area contributed by atoms with E-state index in [2.05, 4.69) is 10.2 Å². The molecule has 76 valence electrons. The van der Waals surface area contributed by atoms with E-state index in [1.165, 1.54) is 6.33 Å². The highest BCUT2D eigenvalue weighted by Crippen LogP contribution is 2.43. The van der Waals surface area contributed by atoms with Crippen LogP contribution in [0.5, 0.6) is 0 Å². The molecule has 1 aliphatic rings. The van der Waals surface area contributed by atoms with Crippen LogP contribution in [0.3, 0.4) is 0 Å². The van der Waals surface area contributed by atoms with Crippen LogP contribution in [0.25, 0.3) is 0 Å². The van der Waals surface area contributed by atoms with Gasteiger partial charge in [-0.1, -0.05) is 0 Å². The van der Waals surface area contributed by atoms with Crippen LogP contribution in [0.1, 0.15) is 19.8 Å². The molecule has 6 heteroatoms. The molecule has 1 atom stereocenters. The normalized spacial score (nSPS) is 20.4. The third-order valence-corrected chi connectivity index (χ3v) is 2.86. The molecule has 0 bridgehead atoms. The Morgan fingerprint density at radius 3 is 2.79 bits per heavy atom. The van der Waals surface area contributed by atoms with Crippen LogP contribution in [-0.4, -0.2) is 25.8 Å². The van der Waals surface area contributed by atoms with Crippen molar-refractivity contribution in [1.82, 2.24) is 14.8 Å². The molecule has 2 N–H and O–H groups in total. The maximum atomic E-state index is 11.3. The minimum atomic E-state index is -1.15. The van der Waals surface area contributed by atoms with E-state index < -0.39 is 17.2 Å². The van der Waals surface area contributed by atoms with E-state index in [4.69, 9.17) is 5.11 Å². The number of carbonyl (C=O) groups is 1. The first kappa shape index (κ1) is 8.98. The fourth-order valence-corrected chi connectivity index (χ4v) is 1.70. The summed E-state index contributed by atoms with van der Waals surface area (Å²) in [5.74, 6) is -0.946. The second-order valence-electron chi connectivity index (χ2n) is 3.76. The van der Waals surface area contributed by atoms with Crippen molar-refractivity contribution < 1.29 is 9.90 Å². The summed E-state index contributed by atoms with van der Waals surface area (Å²) in [6, 6.07) is 0. The van der Waals surface area contributed by atoms with Crippen LogP contribution >= 0.6 is 0 Å². The molecule has 1 fully saturated rings. The van der Waals surface area contributed by atoms with Gasteiger partial charge in [0.2, 0.25) is 0 Å². The predicted molar refractivity (Wildman–Crippen MR) is 46.9 cm³/mol. The predicted octanol–water partition coefficient (Wildman–Crippen LogP) is -0.219. The van der Waals surface area contributed by atoms with Crippen molar-refractivity contribution in [3.63, 3.8) is 0 Å². The molecule has 1 aliphatic carbocycles. The van der Waals surface area contributed by atoms with Crippen LogP contribution in [0.2, 0.25) is 0 Å². The zero-order chi connectivity index (χ0) is 10.3. The van der Waals surface area contributed by atoms with Gasteiger partial charge in [0.1, 0.15) is 11.9 Å². The van der Waals surface area contributed by atoms with Crippen molar-refractivity contribution in [2.24, 2.45) is 5.92 Å². The first-order valence-electron chi connectivity index (χ1n) is 4.42. The Labute approximate surface area is 79.6 Å². The summed E-state index contributed by atoms with van der Waals surface area (Å²) in [7, 11) is 0. The average molecular weight is 197 g/mol. The van der Waals surface area contributed by atoms with Gasteiger partial charge < -0.3 is 5.11 Å². The summed E-state index contributed by atoms with van der Waals surface area (Å²) in [4.78, 5) is 22.4. The summed E-state index contributed by atoms with van der Waals surface area (Å²) in [6.45, 7) is 1.56. The van der Waals surface area contributed by atoms with Crippen molar-refractivity contribution in [3.05, 3.63) is 16.8 Å². The van der Waals surface area contributed by atoms with Crippen LogP contribution < -0.4 is 5.69 Å². The van der Waals surface area contributed by atoms with Gasteiger partial charge in [-0.15, -0.1) is 0 Å². The van der Waals surface area contributed by atoms with Gasteiger partial charge in [0.25, 0.3) is 0 Å². The van der Waals surface area contributed by atoms with Gasteiger partial charge in [-0.25, -0.2) is 14.7 Å². The Morgan fingerprint density at radius 2 is 2.43 bits per heavy atom. The smallest absolute Gasteiger partial charge is 0.344 e. The number of aromatic amines is 1. The molecule has 0 amide bonds. The summed E-state index contributed by atoms with van der Waals surface area (Å²) < 4.78 is 1.16. The van der Waals surface area contributed by atoms with E-state index in [1.54, 1.807) is 6.92 Å². The van der Waals surface area contributed by atoms with Gasteiger partial charge >= 0.3 is 11.7 Å². The third-order valence-electron chi connectivity index (χ3n) is 2.86. The number of hydrogen-bond acceptors (Lipinski definition) is 3. The molecule has 6 nitrogen and oxygen atoms in total. The molecule has 1 aromatic heterocycles. The molecule has 2 rings (SSSR count). The van der Waals surface area contributed by atoms with Crippen LogP contribution in [0.15, 0.2) is 11.1 Å². The number of aromatic nitrogens is 3. The molecule has 1 saturated carbocycles. The van der Waals surface area contributed by atoms with Crippen molar-refractivity contribution in [2.45, 2.75) is 25.3 Å². The maximum absolute atomic E-state index is 11.3. The topological polar surface area (TPSA) is 88.0 Å². The molecule has 0 radical (unpaired) electrons. The highest BCUT2D eigenvalue weighted by Gasteiger charge is 2.50. The fourth-order valence-electron chi connectivity index (χ4n) is 1.70. The van der Waals surface area contributed by atoms with Crippen LogP contribution in [0.4, 0.5) is 0 Å². The lowest BCUT2D eigenvalue weighted by Gasteiger charge is -2.24. The van der Waals surface area contributed by atoms with E-state index in [-0.39, 0.29) is 5.92 Å². The van der Waals surface area contributed by atoms with Gasteiger partial charge in [-0.05, 0) is 25.7 Å². The first-order valence-corrected chi connectivity index (χ1v) is 4.42. The van der Waals surface area contributed by atoms with E-state index in [0.717, 1.165) is 17.4 Å². The lowest BCUT2D eigenvalue weighted by atomic mass is 9.96. The summed E-state index contributed by atoms with van der Waals surface area (Å²) in [5.41, 5.74) is -1.62. The van der Waals surface area contributed by atoms with Crippen LogP contribution in [-0.2, 0) is 10.3 Å². The Kier molecular flexibility index (Phi) is 1.73. The highest BCUT2D eigenvalue weighted by molar-refractivity contribution is 5.77. The second-order valence-corrected chi connectivity index (χ2v) is 3.76. The summed E-state index contributed by atoms with van der Waals surface area (Å²) in [6.07, 6.45) is 2.94. The van der Waals surface area contributed by atoms with Gasteiger partial charge in [0.15, 0.2) is 0 Å². The lowest BCUT2D eigenvalue weighted by Crippen LogP contribution is -2.45. The lowest BCUT2D eigenvalue weighted by molar-refractivity contribution is -0.148. The van der Waals surface area contributed by atoms with E-state index in [9.17, 15) is 9.59 Å². The minimum absolute atomic E-state index is 0.0373. The standard InChI is InChI=1S/C8H11N3O3/c1-8(6(12)13,5-2-3-5)11-4-9-10-7(11)14/h4-5H,2-3H2,1H3,(H,10,14)(H,12,13). The molecule has 0 aromatic carbocycles. The zero-order valence-corrected chi connectivity index (χ0v) is 7.73. The minimum Gasteiger partial charge on any atom is -0.479 e. The Morgan fingerprint density at radius 1 is 1.79 bits per heavy atom. The number of H-pyrrole nitrogens is 1. The monoisotopic (exact) mass is 197 g/mol. The summed E-state index contributed by atoms with van der Waals surface area (Å²) in [5, 5.41) is 14.9. The number of carboxylic acids is 1. The van der Waals surface area contributed by atoms with Crippen molar-refractivity contribution in [2.75, 3.05) is 0 Å². The van der Waals surface area contributed by atoms with Gasteiger partial charge in [-0.3, -0.25) is 4.57 Å². The second kappa shape index (κ2) is 2.70. The van der Waals surface area contributed by atoms with Crippen molar-refractivity contribution >= 4 is 5.97 Å². The largest absolute Gasteiger partial charge is 0.479 e. The average Bonchev–Trinajstić information content (AvgIpc) is 2.88. The van der Waals surface area contributed by atoms with Crippen molar-refractivity contribution in [1.29, 1.82) is 0 Å². The van der Waals surface area contributed by atoms with Crippen LogP contribution in [0, 0.1) is 5.92 Å². The van der Waals surface area contributed by atoms with E-state index in [1.807, 2.05) is 0 Å². The number of rotatable bonds is 3. The number of nitrogens with one attached hydrogen (secondary N) is 1. The highest BCUT2D eigenvalue weighted by atomic mass is 16.4. The Bertz CT molecular complexity index is 417. The Balaban J connectivity index is 2.51. The molecule has 1 heterocycles. The molecule has 14 heavy (non-hydrogen) atoms. The Hall–Kier alpha value is -1.59. The zero-order valence-electron chi connectivity index (χ0n) is 7.73.